The first-order valence-corrected chi connectivity index (χ1v) is 6.12. The first-order chi connectivity index (χ1) is 5.86. The van der Waals surface area contributed by atoms with Crippen molar-refractivity contribution in [2.24, 2.45) is 0 Å². The van der Waals surface area contributed by atoms with E-state index in [0.717, 1.165) is 23.1 Å². The van der Waals surface area contributed by atoms with Crippen molar-refractivity contribution in [1.82, 2.24) is 0 Å². The molecule has 12 heavy (non-hydrogen) atoms. The van der Waals surface area contributed by atoms with Gasteiger partial charge < -0.3 is 0 Å². The molecule has 0 aromatic heterocycles. The highest BCUT2D eigenvalue weighted by Gasteiger charge is 1.92. The predicted octanol–water partition coefficient (Wildman–Crippen LogP) is 3.79. The van der Waals surface area contributed by atoms with E-state index >= 15 is 0 Å². The van der Waals surface area contributed by atoms with Crippen molar-refractivity contribution < 1.29 is 0 Å². The van der Waals surface area contributed by atoms with Gasteiger partial charge in [-0.3, -0.25) is 0 Å². The van der Waals surface area contributed by atoms with Crippen LogP contribution in [0.5, 0.6) is 0 Å². The van der Waals surface area contributed by atoms with Crippen LogP contribution in [0.3, 0.4) is 0 Å². The van der Waals surface area contributed by atoms with Gasteiger partial charge in [0.2, 0.25) is 0 Å². The third-order valence-electron chi connectivity index (χ3n) is 1.78. The summed E-state index contributed by atoms with van der Waals surface area (Å²) in [5.74, 6) is 0.758. The average Bonchev–Trinajstić information content (AvgIpc) is 2.15. The van der Waals surface area contributed by atoms with Crippen molar-refractivity contribution in [3.05, 3.63) is 35.4 Å². The Hall–Kier alpha value is 0.240. The molecule has 0 saturated carbocycles. The molecule has 0 radical (unpaired) electrons. The predicted molar refractivity (Wildman–Crippen MR) is 63.2 cm³/mol. The first-order valence-electron chi connectivity index (χ1n) is 4.06. The number of hydrogen-bond acceptors (Lipinski definition) is 0. The molecule has 0 unspecified atom stereocenters. The lowest BCUT2D eigenvalue weighted by Crippen LogP contribution is -1.86. The van der Waals surface area contributed by atoms with E-state index in [2.05, 4.69) is 46.9 Å². The highest BCUT2D eigenvalue weighted by atomic mass is 127. The molecule has 2 heteroatoms. The Kier molecular flexibility index (Phi) is 5.00. The summed E-state index contributed by atoms with van der Waals surface area (Å²) in [6.45, 7) is 0. The number of benzene rings is 1. The zero-order valence-electron chi connectivity index (χ0n) is 6.89. The third kappa shape index (κ3) is 3.31. The topological polar surface area (TPSA) is 0 Å². The minimum atomic E-state index is 0.758. The lowest BCUT2D eigenvalue weighted by Gasteiger charge is -2.00. The van der Waals surface area contributed by atoms with Gasteiger partial charge in [0.1, 0.15) is 0 Å². The first kappa shape index (κ1) is 10.3. The molecule has 0 aliphatic rings. The molecule has 0 bridgehead atoms. The summed E-state index contributed by atoms with van der Waals surface area (Å²) in [4.78, 5) is 0. The lowest BCUT2D eigenvalue weighted by atomic mass is 10.1. The second kappa shape index (κ2) is 5.81. The van der Waals surface area contributed by atoms with E-state index in [0.29, 0.717) is 0 Å². The molecule has 0 heterocycles. The van der Waals surface area contributed by atoms with E-state index in [1.54, 1.807) is 0 Å². The number of rotatable bonds is 4. The van der Waals surface area contributed by atoms with Crippen LogP contribution in [0.15, 0.2) is 24.3 Å². The summed E-state index contributed by atoms with van der Waals surface area (Å²) in [5.41, 5.74) is 2.79. The molecule has 0 atom stereocenters. The maximum absolute atomic E-state index is 5.61. The maximum Gasteiger partial charge on any atom is 0.0247 e. The van der Waals surface area contributed by atoms with E-state index in [1.807, 2.05) is 0 Å². The van der Waals surface area contributed by atoms with Crippen molar-refractivity contribution in [3.63, 3.8) is 0 Å². The Bertz CT molecular complexity index is 218. The van der Waals surface area contributed by atoms with E-state index in [4.69, 9.17) is 11.6 Å². The fraction of sp³-hybridized carbons (Fsp3) is 0.400. The summed E-state index contributed by atoms with van der Waals surface area (Å²) in [5, 5.41) is 0. The molecule has 0 aliphatic carbocycles. The van der Waals surface area contributed by atoms with Crippen LogP contribution in [0.25, 0.3) is 0 Å². The van der Waals surface area contributed by atoms with Gasteiger partial charge >= 0.3 is 0 Å². The molecular weight excluding hydrogens is 282 g/mol. The van der Waals surface area contributed by atoms with Crippen LogP contribution >= 0.6 is 34.2 Å². The molecule has 0 aliphatic heterocycles. The minimum Gasteiger partial charge on any atom is -0.127 e. The van der Waals surface area contributed by atoms with E-state index in [9.17, 15) is 0 Å². The van der Waals surface area contributed by atoms with Crippen LogP contribution in [0.4, 0.5) is 0 Å². The molecule has 0 N–H and O–H groups in total. The van der Waals surface area contributed by atoms with E-state index in [1.165, 1.54) is 11.1 Å². The monoisotopic (exact) mass is 294 g/mol. The fourth-order valence-electron chi connectivity index (χ4n) is 1.07. The van der Waals surface area contributed by atoms with Gasteiger partial charge in [-0.05, 0) is 24.0 Å². The van der Waals surface area contributed by atoms with Crippen molar-refractivity contribution in [1.29, 1.82) is 0 Å². The molecule has 1 rings (SSSR count). The number of alkyl halides is 2. The Morgan fingerprint density at radius 1 is 1.08 bits per heavy atom. The average molecular weight is 295 g/mol. The van der Waals surface area contributed by atoms with Gasteiger partial charge in [0.25, 0.3) is 0 Å². The van der Waals surface area contributed by atoms with E-state index < -0.39 is 0 Å². The van der Waals surface area contributed by atoms with Gasteiger partial charge in [-0.15, -0.1) is 11.6 Å². The van der Waals surface area contributed by atoms with E-state index in [-0.39, 0.29) is 0 Å². The van der Waals surface area contributed by atoms with Crippen LogP contribution in [0.1, 0.15) is 17.5 Å². The molecule has 0 nitrogen and oxygen atoms in total. The van der Waals surface area contributed by atoms with Crippen molar-refractivity contribution >= 4 is 34.2 Å². The summed E-state index contributed by atoms with van der Waals surface area (Å²) in [6.07, 6.45) is 2.18. The highest BCUT2D eigenvalue weighted by molar-refractivity contribution is 14.1. The van der Waals surface area contributed by atoms with Gasteiger partial charge in [0.05, 0.1) is 0 Å². The minimum absolute atomic E-state index is 0.758. The van der Waals surface area contributed by atoms with Crippen LogP contribution in [-0.2, 0) is 10.8 Å². The number of halogens is 2. The Labute approximate surface area is 92.5 Å². The van der Waals surface area contributed by atoms with Gasteiger partial charge in [0, 0.05) is 10.3 Å². The maximum atomic E-state index is 5.61. The molecule has 66 valence electrons. The van der Waals surface area contributed by atoms with Crippen LogP contribution in [-0.4, -0.2) is 5.88 Å². The Morgan fingerprint density at radius 3 is 2.17 bits per heavy atom. The zero-order chi connectivity index (χ0) is 8.81. The van der Waals surface area contributed by atoms with Gasteiger partial charge in [0.15, 0.2) is 0 Å². The van der Waals surface area contributed by atoms with Crippen molar-refractivity contribution in [2.45, 2.75) is 17.3 Å². The molecule has 0 amide bonds. The normalized spacial score (nSPS) is 10.2. The third-order valence-corrected chi connectivity index (χ3v) is 2.92. The standard InChI is InChI=1S/C10H12ClI/c11-7-1-2-9-3-5-10(8-12)6-4-9/h3-6H,1-2,7-8H2. The van der Waals surface area contributed by atoms with Crippen LogP contribution in [0.2, 0.25) is 0 Å². The number of aryl methyl sites for hydroxylation is 1. The Balaban J connectivity index is 2.53. The van der Waals surface area contributed by atoms with Crippen LogP contribution < -0.4 is 0 Å². The van der Waals surface area contributed by atoms with Crippen molar-refractivity contribution in [2.75, 3.05) is 5.88 Å². The Morgan fingerprint density at radius 2 is 1.67 bits per heavy atom. The SMILES string of the molecule is ClCCCc1ccc(CI)cc1. The summed E-state index contributed by atoms with van der Waals surface area (Å²) in [6, 6.07) is 8.77. The second-order valence-electron chi connectivity index (χ2n) is 2.74. The van der Waals surface area contributed by atoms with Gasteiger partial charge in [-0.1, -0.05) is 46.9 Å². The highest BCUT2D eigenvalue weighted by Crippen LogP contribution is 2.09. The second-order valence-corrected chi connectivity index (χ2v) is 3.88. The molecule has 0 spiro atoms. The molecule has 0 fully saturated rings. The van der Waals surface area contributed by atoms with Crippen molar-refractivity contribution in [3.8, 4) is 0 Å². The quantitative estimate of drug-likeness (QED) is 0.585. The molecule has 1 aromatic rings. The summed E-state index contributed by atoms with van der Waals surface area (Å²) >= 11 is 7.98. The smallest absolute Gasteiger partial charge is 0.0247 e. The number of hydrogen-bond donors (Lipinski definition) is 0. The largest absolute Gasteiger partial charge is 0.127 e. The van der Waals surface area contributed by atoms with Gasteiger partial charge in [-0.25, -0.2) is 0 Å². The zero-order valence-corrected chi connectivity index (χ0v) is 9.81. The van der Waals surface area contributed by atoms with Gasteiger partial charge in [-0.2, -0.15) is 0 Å². The van der Waals surface area contributed by atoms with Crippen LogP contribution in [0, 0.1) is 0 Å². The molecular formula is C10H12ClI. The lowest BCUT2D eigenvalue weighted by molar-refractivity contribution is 0.928. The fourth-order valence-corrected chi connectivity index (χ4v) is 1.71. The molecule has 0 saturated heterocycles. The summed E-state index contributed by atoms with van der Waals surface area (Å²) in [7, 11) is 0. The summed E-state index contributed by atoms with van der Waals surface area (Å²) < 4.78 is 1.09. The molecule has 1 aromatic carbocycles.